The molecule has 1 heterocycles. The number of hydrazine groups is 1. The number of hydrogen-bond donors (Lipinski definition) is 3. The number of nitrogens with zero attached hydrogens (tertiary/aromatic N) is 3. The molecular weight excluding hydrogens is 340 g/mol. The summed E-state index contributed by atoms with van der Waals surface area (Å²) in [6, 6.07) is 17.4. The topological polar surface area (TPSA) is 96.2 Å². The SMILES string of the molecule is Cc1ccccc1C(=O)NNc1ncnc(N(C)Cc2ccccc2)c1N. The molecule has 1 amide bonds. The number of carbonyl (C=O) groups is 1. The first-order valence-corrected chi connectivity index (χ1v) is 8.54. The zero-order valence-electron chi connectivity index (χ0n) is 15.3. The molecule has 27 heavy (non-hydrogen) atoms. The zero-order valence-corrected chi connectivity index (χ0v) is 15.3. The number of aromatic nitrogens is 2. The minimum Gasteiger partial charge on any atom is -0.393 e. The van der Waals surface area contributed by atoms with Gasteiger partial charge in [-0.25, -0.2) is 9.97 Å². The molecule has 0 saturated carbocycles. The fourth-order valence-corrected chi connectivity index (χ4v) is 2.73. The largest absolute Gasteiger partial charge is 0.393 e. The van der Waals surface area contributed by atoms with Crippen molar-refractivity contribution in [3.63, 3.8) is 0 Å². The first-order chi connectivity index (χ1) is 13.1. The van der Waals surface area contributed by atoms with Gasteiger partial charge in [-0.05, 0) is 24.1 Å². The van der Waals surface area contributed by atoms with Crippen molar-refractivity contribution in [1.29, 1.82) is 0 Å². The highest BCUT2D eigenvalue weighted by Gasteiger charge is 2.14. The summed E-state index contributed by atoms with van der Waals surface area (Å²) in [5.41, 5.74) is 14.6. The normalized spacial score (nSPS) is 10.3. The number of hydrogen-bond acceptors (Lipinski definition) is 6. The van der Waals surface area contributed by atoms with Gasteiger partial charge in [-0.2, -0.15) is 0 Å². The van der Waals surface area contributed by atoms with Crippen LogP contribution in [0.2, 0.25) is 0 Å². The van der Waals surface area contributed by atoms with Crippen LogP contribution in [0.25, 0.3) is 0 Å². The van der Waals surface area contributed by atoms with E-state index in [1.807, 2.05) is 67.4 Å². The van der Waals surface area contributed by atoms with Crippen molar-refractivity contribution >= 4 is 23.2 Å². The van der Waals surface area contributed by atoms with Crippen LogP contribution in [-0.4, -0.2) is 22.9 Å². The van der Waals surface area contributed by atoms with Crippen LogP contribution in [0.5, 0.6) is 0 Å². The van der Waals surface area contributed by atoms with Crippen molar-refractivity contribution in [1.82, 2.24) is 15.4 Å². The molecule has 0 radical (unpaired) electrons. The second kappa shape index (κ2) is 8.18. The molecule has 1 aromatic heterocycles. The Morgan fingerprint density at radius 2 is 1.78 bits per heavy atom. The summed E-state index contributed by atoms with van der Waals surface area (Å²) in [5, 5.41) is 0. The number of rotatable bonds is 6. The Bertz CT molecular complexity index is 929. The molecule has 0 atom stereocenters. The highest BCUT2D eigenvalue weighted by molar-refractivity contribution is 5.96. The number of carbonyl (C=O) groups excluding carboxylic acids is 1. The molecular formula is C20H22N6O. The maximum absolute atomic E-state index is 12.3. The molecule has 4 N–H and O–H groups in total. The number of nitrogens with one attached hydrogen (secondary N) is 2. The number of nitrogen functional groups attached to an aromatic ring is 1. The third-order valence-corrected chi connectivity index (χ3v) is 4.17. The summed E-state index contributed by atoms with van der Waals surface area (Å²) in [6.07, 6.45) is 1.41. The molecule has 0 aliphatic carbocycles. The molecule has 0 aliphatic heterocycles. The Hall–Kier alpha value is -3.61. The Morgan fingerprint density at radius 1 is 1.07 bits per heavy atom. The Labute approximate surface area is 158 Å². The van der Waals surface area contributed by atoms with E-state index in [9.17, 15) is 4.79 Å². The lowest BCUT2D eigenvalue weighted by molar-refractivity contribution is 0.0962. The average molecular weight is 362 g/mol. The summed E-state index contributed by atoms with van der Waals surface area (Å²) in [7, 11) is 1.90. The fraction of sp³-hybridized carbons (Fsp3) is 0.150. The molecule has 0 fully saturated rings. The molecule has 138 valence electrons. The second-order valence-electron chi connectivity index (χ2n) is 6.20. The van der Waals surface area contributed by atoms with Crippen molar-refractivity contribution in [2.45, 2.75) is 13.5 Å². The van der Waals surface area contributed by atoms with Crippen LogP contribution in [0.1, 0.15) is 21.5 Å². The first-order valence-electron chi connectivity index (χ1n) is 8.54. The molecule has 0 spiro atoms. The molecule has 0 aliphatic rings. The van der Waals surface area contributed by atoms with Gasteiger partial charge < -0.3 is 10.6 Å². The Morgan fingerprint density at radius 3 is 2.52 bits per heavy atom. The summed E-state index contributed by atoms with van der Waals surface area (Å²) in [5.74, 6) is 0.675. The Kier molecular flexibility index (Phi) is 5.51. The minimum absolute atomic E-state index is 0.259. The molecule has 0 saturated heterocycles. The molecule has 2 aromatic carbocycles. The van der Waals surface area contributed by atoms with Gasteiger partial charge in [-0.1, -0.05) is 48.5 Å². The van der Waals surface area contributed by atoms with Crippen molar-refractivity contribution in [2.24, 2.45) is 0 Å². The van der Waals surface area contributed by atoms with Crippen molar-refractivity contribution < 1.29 is 4.79 Å². The van der Waals surface area contributed by atoms with Crippen molar-refractivity contribution in [3.05, 3.63) is 77.6 Å². The van der Waals surface area contributed by atoms with Crippen molar-refractivity contribution in [3.8, 4) is 0 Å². The standard InChI is InChI=1S/C20H22N6O/c1-14-8-6-7-11-16(14)20(27)25-24-18-17(21)19(23-13-22-18)26(2)12-15-9-4-3-5-10-15/h3-11,13H,12,21H2,1-2H3,(H,25,27)(H,22,23,24). The van der Waals surface area contributed by atoms with Crippen molar-refractivity contribution in [2.75, 3.05) is 23.1 Å². The number of amides is 1. The molecule has 3 rings (SSSR count). The van der Waals surface area contributed by atoms with Gasteiger partial charge in [0.05, 0.1) is 0 Å². The second-order valence-corrected chi connectivity index (χ2v) is 6.20. The monoisotopic (exact) mass is 362 g/mol. The number of aryl methyl sites for hydroxylation is 1. The summed E-state index contributed by atoms with van der Waals surface area (Å²) < 4.78 is 0. The highest BCUT2D eigenvalue weighted by atomic mass is 16.2. The van der Waals surface area contributed by atoms with Crippen LogP contribution in [0.4, 0.5) is 17.3 Å². The van der Waals surface area contributed by atoms with Crippen LogP contribution in [0, 0.1) is 6.92 Å². The van der Waals surface area contributed by atoms with Crippen LogP contribution in [0.3, 0.4) is 0 Å². The van der Waals surface area contributed by atoms with Gasteiger partial charge in [0.2, 0.25) is 0 Å². The third-order valence-electron chi connectivity index (χ3n) is 4.17. The van der Waals surface area contributed by atoms with Gasteiger partial charge >= 0.3 is 0 Å². The van der Waals surface area contributed by atoms with Gasteiger partial charge in [-0.3, -0.25) is 15.6 Å². The minimum atomic E-state index is -0.259. The number of nitrogens with two attached hydrogens (primary N) is 1. The molecule has 7 heteroatoms. The Balaban J connectivity index is 1.71. The molecule has 3 aromatic rings. The van der Waals surface area contributed by atoms with Crippen LogP contribution < -0.4 is 21.5 Å². The van der Waals surface area contributed by atoms with Crippen LogP contribution in [0.15, 0.2) is 60.9 Å². The number of benzene rings is 2. The fourth-order valence-electron chi connectivity index (χ4n) is 2.73. The van der Waals surface area contributed by atoms with E-state index in [1.165, 1.54) is 6.33 Å². The smallest absolute Gasteiger partial charge is 0.269 e. The quantitative estimate of drug-likeness (QED) is 0.584. The lowest BCUT2D eigenvalue weighted by Gasteiger charge is -2.21. The van der Waals surface area contributed by atoms with E-state index in [2.05, 4.69) is 20.8 Å². The van der Waals surface area contributed by atoms with E-state index in [-0.39, 0.29) is 5.91 Å². The highest BCUT2D eigenvalue weighted by Crippen LogP contribution is 2.25. The summed E-state index contributed by atoms with van der Waals surface area (Å²) in [4.78, 5) is 22.7. The zero-order chi connectivity index (χ0) is 19.2. The van der Waals surface area contributed by atoms with Crippen LogP contribution in [-0.2, 0) is 6.54 Å². The van der Waals surface area contributed by atoms with E-state index in [0.29, 0.717) is 29.4 Å². The van der Waals surface area contributed by atoms with Gasteiger partial charge in [0.1, 0.15) is 12.0 Å². The predicted molar refractivity (Wildman–Crippen MR) is 107 cm³/mol. The van der Waals surface area contributed by atoms with Gasteiger partial charge in [0, 0.05) is 19.2 Å². The maximum atomic E-state index is 12.3. The maximum Gasteiger partial charge on any atom is 0.269 e. The summed E-state index contributed by atoms with van der Waals surface area (Å²) in [6.45, 7) is 2.53. The number of anilines is 3. The molecule has 0 unspecified atom stereocenters. The van der Waals surface area contributed by atoms with Crippen LogP contribution >= 0.6 is 0 Å². The average Bonchev–Trinajstić information content (AvgIpc) is 2.68. The predicted octanol–water partition coefficient (Wildman–Crippen LogP) is 2.76. The third kappa shape index (κ3) is 4.33. The van der Waals surface area contributed by atoms with E-state index < -0.39 is 0 Å². The van der Waals surface area contributed by atoms with Gasteiger partial charge in [0.15, 0.2) is 11.6 Å². The summed E-state index contributed by atoms with van der Waals surface area (Å²) >= 11 is 0. The van der Waals surface area contributed by atoms with E-state index in [4.69, 9.17) is 5.73 Å². The molecule has 7 nitrogen and oxygen atoms in total. The van der Waals surface area contributed by atoms with Gasteiger partial charge in [0.25, 0.3) is 5.91 Å². The lowest BCUT2D eigenvalue weighted by atomic mass is 10.1. The van der Waals surface area contributed by atoms with E-state index >= 15 is 0 Å². The first kappa shape index (κ1) is 18.2. The molecule has 0 bridgehead atoms. The lowest BCUT2D eigenvalue weighted by Crippen LogP contribution is -2.31. The van der Waals surface area contributed by atoms with E-state index in [1.54, 1.807) is 6.07 Å². The van der Waals surface area contributed by atoms with Gasteiger partial charge in [-0.15, -0.1) is 0 Å². The van der Waals surface area contributed by atoms with E-state index in [0.717, 1.165) is 11.1 Å².